The van der Waals surface area contributed by atoms with Crippen LogP contribution in [0.25, 0.3) is 0 Å². The van der Waals surface area contributed by atoms with Crippen LogP contribution in [0.1, 0.15) is 27.7 Å². The van der Waals surface area contributed by atoms with Crippen LogP contribution in [0.5, 0.6) is 5.75 Å². The van der Waals surface area contributed by atoms with Gasteiger partial charge in [0.25, 0.3) is 0 Å². The highest BCUT2D eigenvalue weighted by atomic mass is 32.1. The van der Waals surface area contributed by atoms with Crippen LogP contribution < -0.4 is 10.6 Å². The van der Waals surface area contributed by atoms with Crippen LogP contribution in [-0.4, -0.2) is 75.4 Å². The molecule has 0 aliphatic carbocycles. The third-order valence-electron chi connectivity index (χ3n) is 3.29. The predicted molar refractivity (Wildman–Crippen MR) is 180 cm³/mol. The first kappa shape index (κ1) is 41.7. The van der Waals surface area contributed by atoms with E-state index in [1.807, 2.05) is 71.4 Å². The maximum atomic E-state index is 9.30. The summed E-state index contributed by atoms with van der Waals surface area (Å²) in [5, 5.41) is 19.9. The van der Waals surface area contributed by atoms with Crippen molar-refractivity contribution < 1.29 is 10.2 Å². The zero-order valence-electron chi connectivity index (χ0n) is 23.6. The van der Waals surface area contributed by atoms with Crippen LogP contribution >= 0.6 is 56.9 Å². The molecule has 2 rings (SSSR count). The van der Waals surface area contributed by atoms with Crippen LogP contribution in [0.15, 0.2) is 53.4 Å². The molecule has 200 valence electrons. The van der Waals surface area contributed by atoms with Gasteiger partial charge in [-0.2, -0.15) is 12.6 Å². The highest BCUT2D eigenvalue weighted by Crippen LogP contribution is 2.28. The Hall–Kier alpha value is 0.620. The summed E-state index contributed by atoms with van der Waals surface area (Å²) < 4.78 is 0. The Morgan fingerprint density at radius 1 is 0.647 bits per heavy atom. The minimum absolute atomic E-state index is 0.00720. The number of hydrogen-bond donors (Lipinski definition) is 4. The molecule has 0 aromatic heterocycles. The van der Waals surface area contributed by atoms with E-state index in [4.69, 9.17) is 5.11 Å². The average molecular weight is 585 g/mol. The van der Waals surface area contributed by atoms with E-state index in [-0.39, 0.29) is 31.7 Å². The first-order valence-electron chi connectivity index (χ1n) is 11.4. The average Bonchev–Trinajstić information content (AvgIpc) is 2.83. The van der Waals surface area contributed by atoms with Gasteiger partial charge in [0.2, 0.25) is 0 Å². The van der Waals surface area contributed by atoms with E-state index in [1.165, 1.54) is 5.30 Å². The largest absolute Gasteiger partial charge is 0.507 e. The van der Waals surface area contributed by atoms with Crippen molar-refractivity contribution in [3.63, 3.8) is 0 Å². The maximum Gasteiger partial charge on any atom is 0.123 e. The molecule has 0 saturated heterocycles. The molecule has 0 unspecified atom stereocenters. The van der Waals surface area contributed by atoms with Crippen molar-refractivity contribution in [3.8, 4) is 5.75 Å². The van der Waals surface area contributed by atoms with Gasteiger partial charge in [0, 0.05) is 15.7 Å². The van der Waals surface area contributed by atoms with Crippen molar-refractivity contribution in [2.45, 2.75) is 32.6 Å². The second-order valence-electron chi connectivity index (χ2n) is 7.21. The van der Waals surface area contributed by atoms with Crippen LogP contribution in [-0.2, 0) is 0 Å². The number of phenolic OH excluding ortho intramolecular Hbond substituents is 1. The lowest BCUT2D eigenvalue weighted by Gasteiger charge is -2.07. The Kier molecular flexibility index (Phi) is 36.6. The number of para-hydroxylation sites is 1. The van der Waals surface area contributed by atoms with E-state index in [2.05, 4.69) is 77.4 Å². The second kappa shape index (κ2) is 29.8. The van der Waals surface area contributed by atoms with Gasteiger partial charge < -0.3 is 10.2 Å². The van der Waals surface area contributed by atoms with Crippen molar-refractivity contribution in [2.24, 2.45) is 0 Å². The first-order chi connectivity index (χ1) is 16.0. The molecular formula is C26H52O2P4S2. The number of hydrogen-bond acceptors (Lipinski definition) is 4. The third kappa shape index (κ3) is 27.2. The van der Waals surface area contributed by atoms with Crippen molar-refractivity contribution >= 4 is 67.6 Å². The van der Waals surface area contributed by atoms with Gasteiger partial charge in [0.1, 0.15) is 5.75 Å². The normalized spacial score (nSPS) is 9.26. The van der Waals surface area contributed by atoms with E-state index >= 15 is 0 Å². The minimum Gasteiger partial charge on any atom is -0.507 e. The van der Waals surface area contributed by atoms with Gasteiger partial charge in [-0.05, 0) is 70.8 Å². The van der Waals surface area contributed by atoms with Crippen molar-refractivity contribution in [1.29, 1.82) is 0 Å². The van der Waals surface area contributed by atoms with Crippen LogP contribution in [0.4, 0.5) is 0 Å². The lowest BCUT2D eigenvalue weighted by molar-refractivity contribution is 0.371. The lowest BCUT2D eigenvalue weighted by atomic mass is 10.3. The van der Waals surface area contributed by atoms with Gasteiger partial charge in [-0.15, -0.1) is 20.6 Å². The summed E-state index contributed by atoms with van der Waals surface area (Å²) in [4.78, 5) is 1.12. The monoisotopic (exact) mass is 584 g/mol. The summed E-state index contributed by atoms with van der Waals surface area (Å²) in [6, 6.07) is 15.8. The SMILES string of the molecule is CC.CC.CP(C)CO.CP(C)CS.CP(C)c1ccccc1O.CP(C)c1ccccc1S. The summed E-state index contributed by atoms with van der Waals surface area (Å²) >= 11 is 8.40. The molecular weight excluding hydrogens is 532 g/mol. The fourth-order valence-corrected chi connectivity index (χ4v) is 4.28. The summed E-state index contributed by atoms with van der Waals surface area (Å²) in [6.07, 6.45) is 0.370. The molecule has 0 aliphatic rings. The Labute approximate surface area is 229 Å². The van der Waals surface area contributed by atoms with Crippen molar-refractivity contribution in [3.05, 3.63) is 48.5 Å². The first-order valence-corrected chi connectivity index (χ1v) is 21.8. The van der Waals surface area contributed by atoms with Crippen LogP contribution in [0.3, 0.4) is 0 Å². The van der Waals surface area contributed by atoms with Crippen molar-refractivity contribution in [1.82, 2.24) is 0 Å². The Bertz CT molecular complexity index is 613. The maximum absolute atomic E-state index is 9.30. The fraction of sp³-hybridized carbons (Fsp3) is 0.538. The molecule has 2 aromatic rings. The Balaban J connectivity index is -0.000000176. The quantitative estimate of drug-likeness (QED) is 0.215. The smallest absolute Gasteiger partial charge is 0.123 e. The number of rotatable bonds is 4. The third-order valence-corrected chi connectivity index (χ3v) is 9.38. The molecule has 8 heteroatoms. The second-order valence-corrected chi connectivity index (χ2v) is 18.0. The Morgan fingerprint density at radius 3 is 1.18 bits per heavy atom. The molecule has 0 atom stereocenters. The van der Waals surface area contributed by atoms with Crippen LogP contribution in [0, 0.1) is 0 Å². The number of benzene rings is 2. The van der Waals surface area contributed by atoms with Crippen LogP contribution in [0.2, 0.25) is 0 Å². The molecule has 0 amide bonds. The number of aliphatic hydroxyl groups is 1. The molecule has 0 heterocycles. The number of phenols is 1. The Morgan fingerprint density at radius 2 is 0.971 bits per heavy atom. The summed E-state index contributed by atoms with van der Waals surface area (Å²) in [7, 11) is 0.0640. The molecule has 0 bridgehead atoms. The zero-order valence-corrected chi connectivity index (χ0v) is 29.0. The van der Waals surface area contributed by atoms with E-state index in [0.717, 1.165) is 15.7 Å². The molecule has 0 saturated carbocycles. The summed E-state index contributed by atoms with van der Waals surface area (Å²) in [6.45, 7) is 25.2. The van der Waals surface area contributed by atoms with E-state index in [0.29, 0.717) is 12.1 Å². The van der Waals surface area contributed by atoms with Gasteiger partial charge in [0.05, 0.1) is 6.35 Å². The topological polar surface area (TPSA) is 40.5 Å². The van der Waals surface area contributed by atoms with E-state index in [9.17, 15) is 5.11 Å². The molecule has 0 aliphatic heterocycles. The molecule has 2 aromatic carbocycles. The van der Waals surface area contributed by atoms with Gasteiger partial charge >= 0.3 is 0 Å². The van der Waals surface area contributed by atoms with Gasteiger partial charge in [-0.1, -0.05) is 87.9 Å². The van der Waals surface area contributed by atoms with Crippen molar-refractivity contribution in [2.75, 3.05) is 65.2 Å². The highest BCUT2D eigenvalue weighted by Gasteiger charge is 2.01. The van der Waals surface area contributed by atoms with E-state index in [1.54, 1.807) is 6.07 Å². The van der Waals surface area contributed by atoms with Gasteiger partial charge in [0.15, 0.2) is 0 Å². The molecule has 2 nitrogen and oxygen atoms in total. The summed E-state index contributed by atoms with van der Waals surface area (Å²) in [5.41, 5.74) is 1.06. The van der Waals surface area contributed by atoms with Gasteiger partial charge in [-0.3, -0.25) is 0 Å². The zero-order chi connectivity index (χ0) is 27.7. The van der Waals surface area contributed by atoms with Gasteiger partial charge in [-0.25, -0.2) is 0 Å². The standard InChI is InChI=1S/C8H11OP.C8H11PS.C3H9OP.C3H9PS.2C2H6/c1-10(2)8-6-4-3-5-7(8)9;1-9(2)7-5-3-4-6-8(7)10;1-5(2)3-4;1-4(2)3-5;2*1-2/h3-6,9H,1-2H3;3-6,10H,1-2H3;4H,3H2,1-2H3;5H,3H2,1-2H3;2*1-2H3. The van der Waals surface area contributed by atoms with E-state index < -0.39 is 0 Å². The minimum atomic E-state index is -0.166. The molecule has 34 heavy (non-hydrogen) atoms. The lowest BCUT2D eigenvalue weighted by Crippen LogP contribution is -1.99. The number of aliphatic hydroxyl groups excluding tert-OH is 1. The number of aromatic hydroxyl groups is 1. The fourth-order valence-electron chi connectivity index (χ4n) is 1.68. The highest BCUT2D eigenvalue weighted by molar-refractivity contribution is 7.89. The summed E-state index contributed by atoms with van der Waals surface area (Å²) in [5.74, 6) is 0.429. The molecule has 0 spiro atoms. The molecule has 0 fully saturated rings. The number of thiol groups is 2. The molecule has 0 radical (unpaired) electrons. The molecule has 2 N–H and O–H groups in total. The predicted octanol–water partition coefficient (Wildman–Crippen LogP) is 8.45.